The van der Waals surface area contributed by atoms with Gasteiger partial charge in [0.15, 0.2) is 0 Å². The zero-order chi connectivity index (χ0) is 14.6. The number of hydrogen-bond acceptors (Lipinski definition) is 4. The normalized spacial score (nSPS) is 13.4. The van der Waals surface area contributed by atoms with E-state index in [2.05, 4.69) is 0 Å². The van der Waals surface area contributed by atoms with Crippen LogP contribution in [0.4, 0.5) is 0 Å². The average Bonchev–Trinajstić information content (AvgIpc) is 2.14. The molecular weight excluding hydrogens is 236 g/mol. The molecule has 2 unspecified atom stereocenters. The fourth-order valence-corrected chi connectivity index (χ4v) is 2.02. The highest BCUT2D eigenvalue weighted by molar-refractivity contribution is 5.95. The van der Waals surface area contributed by atoms with Gasteiger partial charge in [-0.3, -0.25) is 29.0 Å². The minimum atomic E-state index is -0.562. The van der Waals surface area contributed by atoms with E-state index in [1.807, 2.05) is 0 Å². The Morgan fingerprint density at radius 3 is 0.889 bits per heavy atom. The van der Waals surface area contributed by atoms with Crippen LogP contribution < -0.4 is 0 Å². The van der Waals surface area contributed by atoms with Crippen molar-refractivity contribution in [3.05, 3.63) is 0 Å². The average molecular weight is 256 g/mol. The van der Waals surface area contributed by atoms with Crippen LogP contribution in [-0.4, -0.2) is 45.5 Å². The molecule has 102 valence electrons. The minimum Gasteiger partial charge on any atom is -0.278 e. The van der Waals surface area contributed by atoms with Crippen LogP contribution >= 0.6 is 0 Å². The first kappa shape index (κ1) is 16.3. The number of nitrogens with zero attached hydrogens (tertiary/aromatic N) is 2. The molecule has 0 aromatic carbocycles. The highest BCUT2D eigenvalue weighted by Crippen LogP contribution is 2.12. The van der Waals surface area contributed by atoms with Crippen molar-refractivity contribution in [2.24, 2.45) is 0 Å². The van der Waals surface area contributed by atoms with E-state index in [9.17, 15) is 19.2 Å². The Morgan fingerprint density at radius 1 is 0.611 bits per heavy atom. The summed E-state index contributed by atoms with van der Waals surface area (Å²) in [4.78, 5) is 47.7. The van der Waals surface area contributed by atoms with Crippen molar-refractivity contribution < 1.29 is 19.2 Å². The van der Waals surface area contributed by atoms with Gasteiger partial charge in [-0.15, -0.1) is 0 Å². The molecule has 0 N–H and O–H groups in total. The third-order valence-electron chi connectivity index (χ3n) is 2.87. The highest BCUT2D eigenvalue weighted by Gasteiger charge is 2.32. The molecular formula is C12H20N2O4. The zero-order valence-electron chi connectivity index (χ0n) is 11.7. The van der Waals surface area contributed by atoms with E-state index < -0.39 is 35.7 Å². The van der Waals surface area contributed by atoms with Crippen molar-refractivity contribution in [3.63, 3.8) is 0 Å². The lowest BCUT2D eigenvalue weighted by atomic mass is 10.1. The van der Waals surface area contributed by atoms with Crippen LogP contribution in [0.3, 0.4) is 0 Å². The molecule has 2 atom stereocenters. The smallest absolute Gasteiger partial charge is 0.226 e. The van der Waals surface area contributed by atoms with Crippen LogP contribution in [0, 0.1) is 0 Å². The predicted octanol–water partition coefficient (Wildman–Crippen LogP) is 0.553. The summed E-state index contributed by atoms with van der Waals surface area (Å²) in [5.74, 6) is -1.63. The molecule has 18 heavy (non-hydrogen) atoms. The van der Waals surface area contributed by atoms with Crippen LogP contribution in [0.5, 0.6) is 0 Å². The summed E-state index contributed by atoms with van der Waals surface area (Å²) in [6.45, 7) is 8.36. The molecule has 0 bridgehead atoms. The van der Waals surface area contributed by atoms with Crippen molar-refractivity contribution in [3.8, 4) is 0 Å². The van der Waals surface area contributed by atoms with E-state index in [1.54, 1.807) is 13.8 Å². The first-order valence-electron chi connectivity index (χ1n) is 5.72. The summed E-state index contributed by atoms with van der Waals surface area (Å²) >= 11 is 0. The molecule has 0 saturated carbocycles. The van der Waals surface area contributed by atoms with Crippen molar-refractivity contribution in [2.75, 3.05) is 0 Å². The second-order valence-corrected chi connectivity index (χ2v) is 4.30. The Bertz CT molecular complexity index is 314. The molecule has 0 aromatic rings. The number of hydrogen-bond donors (Lipinski definition) is 0. The van der Waals surface area contributed by atoms with Gasteiger partial charge in [0.25, 0.3) is 0 Å². The van der Waals surface area contributed by atoms with E-state index in [4.69, 9.17) is 0 Å². The number of carbonyl (C=O) groups is 4. The van der Waals surface area contributed by atoms with E-state index in [1.165, 1.54) is 27.7 Å². The summed E-state index contributed by atoms with van der Waals surface area (Å²) < 4.78 is 0. The maximum Gasteiger partial charge on any atom is 0.226 e. The zero-order valence-corrected chi connectivity index (χ0v) is 11.7. The Balaban J connectivity index is 5.22. The van der Waals surface area contributed by atoms with E-state index in [-0.39, 0.29) is 0 Å². The van der Waals surface area contributed by atoms with Gasteiger partial charge in [0.1, 0.15) is 0 Å². The van der Waals surface area contributed by atoms with Gasteiger partial charge < -0.3 is 0 Å². The predicted molar refractivity (Wildman–Crippen MR) is 65.3 cm³/mol. The van der Waals surface area contributed by atoms with Crippen LogP contribution in [-0.2, 0) is 19.2 Å². The van der Waals surface area contributed by atoms with Gasteiger partial charge in [-0.25, -0.2) is 0 Å². The standard InChI is InChI=1S/C12H20N2O4/c1-7(13(9(3)15)10(4)16)8(2)14(11(5)17)12(6)18/h7-8H,1-6H3. The van der Waals surface area contributed by atoms with Crippen molar-refractivity contribution in [1.82, 2.24) is 9.80 Å². The second kappa shape index (κ2) is 6.28. The lowest BCUT2D eigenvalue weighted by Gasteiger charge is -2.35. The summed E-state index contributed by atoms with van der Waals surface area (Å²) in [6, 6.07) is -1.12. The molecule has 0 spiro atoms. The van der Waals surface area contributed by atoms with Crippen molar-refractivity contribution in [2.45, 2.75) is 53.6 Å². The molecule has 0 rings (SSSR count). The molecule has 0 aliphatic rings. The second-order valence-electron chi connectivity index (χ2n) is 4.30. The number of amides is 4. The maximum atomic E-state index is 11.4. The summed E-state index contributed by atoms with van der Waals surface area (Å²) in [6.07, 6.45) is 0. The molecule has 0 aliphatic carbocycles. The van der Waals surface area contributed by atoms with Crippen LogP contribution in [0.1, 0.15) is 41.5 Å². The van der Waals surface area contributed by atoms with Gasteiger partial charge in [-0.05, 0) is 13.8 Å². The molecule has 0 fully saturated rings. The van der Waals surface area contributed by atoms with Crippen LogP contribution in [0.15, 0.2) is 0 Å². The Hall–Kier alpha value is -1.72. The van der Waals surface area contributed by atoms with Crippen LogP contribution in [0.2, 0.25) is 0 Å². The number of carbonyl (C=O) groups excluding carboxylic acids is 4. The number of imide groups is 2. The van der Waals surface area contributed by atoms with Gasteiger partial charge in [0, 0.05) is 27.7 Å². The minimum absolute atomic E-state index is 0.408. The molecule has 4 amide bonds. The molecule has 0 heterocycles. The molecule has 6 nitrogen and oxygen atoms in total. The van der Waals surface area contributed by atoms with E-state index in [0.717, 1.165) is 9.80 Å². The fraction of sp³-hybridized carbons (Fsp3) is 0.667. The molecule has 0 aromatic heterocycles. The van der Waals surface area contributed by atoms with E-state index in [0.29, 0.717) is 0 Å². The molecule has 0 saturated heterocycles. The molecule has 6 heteroatoms. The lowest BCUT2D eigenvalue weighted by molar-refractivity contribution is -0.153. The lowest BCUT2D eigenvalue weighted by Crippen LogP contribution is -2.54. The fourth-order valence-electron chi connectivity index (χ4n) is 2.02. The van der Waals surface area contributed by atoms with Crippen molar-refractivity contribution in [1.29, 1.82) is 0 Å². The first-order valence-corrected chi connectivity index (χ1v) is 5.72. The van der Waals surface area contributed by atoms with Gasteiger partial charge in [0.2, 0.25) is 23.6 Å². The van der Waals surface area contributed by atoms with Gasteiger partial charge in [0.05, 0.1) is 12.1 Å². The summed E-state index contributed by atoms with van der Waals surface area (Å²) in [7, 11) is 0. The molecule has 0 radical (unpaired) electrons. The van der Waals surface area contributed by atoms with Gasteiger partial charge in [-0.1, -0.05) is 0 Å². The SMILES string of the molecule is CC(=O)N(C(C)=O)C(C)C(C)N(C(C)=O)C(C)=O. The first-order chi connectivity index (χ1) is 8.11. The summed E-state index contributed by atoms with van der Waals surface area (Å²) in [5, 5.41) is 0. The monoisotopic (exact) mass is 256 g/mol. The Labute approximate surface area is 107 Å². The Kier molecular flexibility index (Phi) is 5.68. The number of rotatable bonds is 3. The maximum absolute atomic E-state index is 11.4. The third kappa shape index (κ3) is 3.65. The van der Waals surface area contributed by atoms with Crippen molar-refractivity contribution >= 4 is 23.6 Å². The van der Waals surface area contributed by atoms with E-state index >= 15 is 0 Å². The third-order valence-corrected chi connectivity index (χ3v) is 2.87. The Morgan fingerprint density at radius 2 is 0.778 bits per heavy atom. The highest BCUT2D eigenvalue weighted by atomic mass is 16.2. The molecule has 0 aliphatic heterocycles. The topological polar surface area (TPSA) is 74.8 Å². The largest absolute Gasteiger partial charge is 0.278 e. The van der Waals surface area contributed by atoms with Gasteiger partial charge >= 0.3 is 0 Å². The van der Waals surface area contributed by atoms with Gasteiger partial charge in [-0.2, -0.15) is 0 Å². The summed E-state index contributed by atoms with van der Waals surface area (Å²) in [5.41, 5.74) is 0. The quantitative estimate of drug-likeness (QED) is 0.739. The van der Waals surface area contributed by atoms with Crippen LogP contribution in [0.25, 0.3) is 0 Å².